The van der Waals surface area contributed by atoms with E-state index in [2.05, 4.69) is 5.32 Å². The second-order valence-corrected chi connectivity index (χ2v) is 6.30. The maximum Gasteiger partial charge on any atom is 0.317 e. The van der Waals surface area contributed by atoms with Gasteiger partial charge >= 0.3 is 12.0 Å². The fourth-order valence-corrected chi connectivity index (χ4v) is 4.39. The minimum Gasteiger partial charge on any atom is -0.481 e. The van der Waals surface area contributed by atoms with E-state index in [1.54, 1.807) is 0 Å². The summed E-state index contributed by atoms with van der Waals surface area (Å²) >= 11 is 0. The Morgan fingerprint density at radius 2 is 1.79 bits per heavy atom. The molecule has 2 N–H and O–H groups in total. The lowest BCUT2D eigenvalue weighted by molar-refractivity contribution is -0.137. The minimum absolute atomic E-state index is 0.000751. The van der Waals surface area contributed by atoms with Crippen molar-refractivity contribution in [2.45, 2.75) is 32.1 Å². The molecule has 2 aliphatic carbocycles. The topological polar surface area (TPSA) is 69.6 Å². The molecule has 0 aromatic carbocycles. The van der Waals surface area contributed by atoms with Gasteiger partial charge in [-0.05, 0) is 49.4 Å². The molecule has 1 heterocycles. The van der Waals surface area contributed by atoms with Crippen molar-refractivity contribution in [2.24, 2.45) is 23.7 Å². The molecule has 5 nitrogen and oxygen atoms in total. The van der Waals surface area contributed by atoms with Gasteiger partial charge < -0.3 is 15.3 Å². The first kappa shape index (κ1) is 12.8. The Hall–Kier alpha value is -1.26. The van der Waals surface area contributed by atoms with E-state index >= 15 is 0 Å². The predicted octanol–water partition coefficient (Wildman–Crippen LogP) is 1.54. The molecule has 3 aliphatic rings. The molecule has 2 saturated carbocycles. The molecule has 4 atom stereocenters. The van der Waals surface area contributed by atoms with Gasteiger partial charge in [0.25, 0.3) is 0 Å². The van der Waals surface area contributed by atoms with Gasteiger partial charge in [0.15, 0.2) is 0 Å². The van der Waals surface area contributed by atoms with E-state index in [4.69, 9.17) is 5.11 Å². The van der Waals surface area contributed by atoms with Crippen molar-refractivity contribution in [1.82, 2.24) is 10.2 Å². The Labute approximate surface area is 113 Å². The number of nitrogens with one attached hydrogen (secondary N) is 1. The number of hydrogen-bond donors (Lipinski definition) is 2. The van der Waals surface area contributed by atoms with E-state index < -0.39 is 5.97 Å². The first-order valence-electron chi connectivity index (χ1n) is 7.39. The summed E-state index contributed by atoms with van der Waals surface area (Å²) in [5.74, 6) is 2.40. The second-order valence-electron chi connectivity index (χ2n) is 6.30. The summed E-state index contributed by atoms with van der Waals surface area (Å²) in [6.07, 6.45) is 4.74. The van der Waals surface area contributed by atoms with Crippen LogP contribution in [-0.4, -0.2) is 41.6 Å². The molecule has 1 aliphatic heterocycles. The van der Waals surface area contributed by atoms with E-state index in [1.807, 2.05) is 4.90 Å². The van der Waals surface area contributed by atoms with Gasteiger partial charge in [0.1, 0.15) is 0 Å². The first-order valence-corrected chi connectivity index (χ1v) is 7.39. The summed E-state index contributed by atoms with van der Waals surface area (Å²) in [5, 5.41) is 11.4. The molecule has 0 aromatic heterocycles. The van der Waals surface area contributed by atoms with Crippen molar-refractivity contribution in [3.05, 3.63) is 0 Å². The molecule has 106 valence electrons. The fraction of sp³-hybridized carbons (Fsp3) is 0.857. The van der Waals surface area contributed by atoms with Crippen molar-refractivity contribution in [1.29, 1.82) is 0 Å². The van der Waals surface area contributed by atoms with Crippen LogP contribution in [0, 0.1) is 23.7 Å². The fourth-order valence-electron chi connectivity index (χ4n) is 4.39. The molecular weight excluding hydrogens is 244 g/mol. The Bertz CT molecular complexity index is 367. The van der Waals surface area contributed by atoms with E-state index in [0.29, 0.717) is 13.0 Å². The number of fused-ring (bicyclic) bond motifs is 5. The van der Waals surface area contributed by atoms with Crippen LogP contribution in [0.5, 0.6) is 0 Å². The highest BCUT2D eigenvalue weighted by Gasteiger charge is 2.52. The van der Waals surface area contributed by atoms with Gasteiger partial charge in [0, 0.05) is 26.1 Å². The van der Waals surface area contributed by atoms with Crippen LogP contribution in [0.3, 0.4) is 0 Å². The SMILES string of the molecule is O=C(O)CCCNC(=O)N1CC2C3CCC(C3)C2C1. The lowest BCUT2D eigenvalue weighted by atomic mass is 9.82. The molecule has 4 unspecified atom stereocenters. The predicted molar refractivity (Wildman–Crippen MR) is 69.7 cm³/mol. The van der Waals surface area contributed by atoms with Crippen LogP contribution in [0.2, 0.25) is 0 Å². The lowest BCUT2D eigenvalue weighted by Crippen LogP contribution is -2.39. The number of carboxylic acid groups (broad SMARTS) is 1. The summed E-state index contributed by atoms with van der Waals surface area (Å²) in [6.45, 7) is 2.29. The van der Waals surface area contributed by atoms with Gasteiger partial charge in [-0.15, -0.1) is 0 Å². The Morgan fingerprint density at radius 3 is 2.37 bits per heavy atom. The van der Waals surface area contributed by atoms with Crippen molar-refractivity contribution in [2.75, 3.05) is 19.6 Å². The Morgan fingerprint density at radius 1 is 1.16 bits per heavy atom. The van der Waals surface area contributed by atoms with Crippen LogP contribution < -0.4 is 5.32 Å². The molecule has 2 amide bonds. The first-order chi connectivity index (χ1) is 9.15. The number of rotatable bonds is 4. The second kappa shape index (κ2) is 5.02. The van der Waals surface area contributed by atoms with Gasteiger partial charge in [-0.2, -0.15) is 0 Å². The Kier molecular flexibility index (Phi) is 3.37. The maximum absolute atomic E-state index is 12.0. The molecule has 0 radical (unpaired) electrons. The lowest BCUT2D eigenvalue weighted by Gasteiger charge is -2.22. The van der Waals surface area contributed by atoms with E-state index in [9.17, 15) is 9.59 Å². The zero-order valence-corrected chi connectivity index (χ0v) is 11.2. The number of amides is 2. The van der Waals surface area contributed by atoms with E-state index in [-0.39, 0.29) is 12.5 Å². The Balaban J connectivity index is 1.44. The molecule has 0 spiro atoms. The van der Waals surface area contributed by atoms with Crippen molar-refractivity contribution in [3.8, 4) is 0 Å². The van der Waals surface area contributed by atoms with E-state index in [0.717, 1.165) is 36.8 Å². The standard InChI is InChI=1S/C14H22N2O3/c17-13(18)2-1-5-15-14(19)16-7-11-9-3-4-10(6-9)12(11)8-16/h9-12H,1-8H2,(H,15,19)(H,17,18). The van der Waals surface area contributed by atoms with Gasteiger partial charge in [-0.1, -0.05) is 0 Å². The molecule has 3 fully saturated rings. The van der Waals surface area contributed by atoms with Crippen LogP contribution in [-0.2, 0) is 4.79 Å². The zero-order valence-electron chi connectivity index (χ0n) is 11.2. The molecule has 5 heteroatoms. The summed E-state index contributed by atoms with van der Waals surface area (Å²) in [4.78, 5) is 24.4. The average Bonchev–Trinajstić information content (AvgIpc) is 3.04. The van der Waals surface area contributed by atoms with Crippen LogP contribution >= 0.6 is 0 Å². The van der Waals surface area contributed by atoms with Gasteiger partial charge in [0.05, 0.1) is 0 Å². The van der Waals surface area contributed by atoms with Gasteiger partial charge in [0.2, 0.25) is 0 Å². The highest BCUT2D eigenvalue weighted by Crippen LogP contribution is 2.54. The number of nitrogens with zero attached hydrogens (tertiary/aromatic N) is 1. The van der Waals surface area contributed by atoms with Crippen molar-refractivity contribution >= 4 is 12.0 Å². The quantitative estimate of drug-likeness (QED) is 0.758. The van der Waals surface area contributed by atoms with Gasteiger partial charge in [-0.25, -0.2) is 4.79 Å². The molecule has 2 bridgehead atoms. The van der Waals surface area contributed by atoms with Crippen molar-refractivity contribution in [3.63, 3.8) is 0 Å². The summed E-state index contributed by atoms with van der Waals surface area (Å²) in [5.41, 5.74) is 0. The van der Waals surface area contributed by atoms with Crippen LogP contribution in [0.4, 0.5) is 4.79 Å². The summed E-state index contributed by atoms with van der Waals surface area (Å²) in [6, 6.07) is -0.000751. The molecule has 1 saturated heterocycles. The number of carbonyl (C=O) groups is 2. The number of aliphatic carboxylic acids is 1. The maximum atomic E-state index is 12.0. The smallest absolute Gasteiger partial charge is 0.317 e. The third-order valence-electron chi connectivity index (χ3n) is 5.27. The number of hydrogen-bond acceptors (Lipinski definition) is 2. The molecular formula is C14H22N2O3. The highest BCUT2D eigenvalue weighted by atomic mass is 16.4. The monoisotopic (exact) mass is 266 g/mol. The molecule has 3 rings (SSSR count). The number of urea groups is 1. The van der Waals surface area contributed by atoms with E-state index in [1.165, 1.54) is 19.3 Å². The number of likely N-dealkylation sites (tertiary alicyclic amines) is 1. The minimum atomic E-state index is -0.804. The van der Waals surface area contributed by atoms with Crippen molar-refractivity contribution < 1.29 is 14.7 Å². The third kappa shape index (κ3) is 2.42. The normalized spacial score (nSPS) is 35.5. The molecule has 0 aromatic rings. The van der Waals surface area contributed by atoms with Crippen LogP contribution in [0.15, 0.2) is 0 Å². The number of carboxylic acids is 1. The number of carbonyl (C=O) groups excluding carboxylic acids is 1. The summed E-state index contributed by atoms with van der Waals surface area (Å²) in [7, 11) is 0. The zero-order chi connectivity index (χ0) is 13.4. The van der Waals surface area contributed by atoms with Crippen LogP contribution in [0.1, 0.15) is 32.1 Å². The van der Waals surface area contributed by atoms with Crippen LogP contribution in [0.25, 0.3) is 0 Å². The largest absolute Gasteiger partial charge is 0.481 e. The average molecular weight is 266 g/mol. The van der Waals surface area contributed by atoms with Gasteiger partial charge in [-0.3, -0.25) is 4.79 Å². The molecule has 19 heavy (non-hydrogen) atoms. The summed E-state index contributed by atoms with van der Waals surface area (Å²) < 4.78 is 0. The third-order valence-corrected chi connectivity index (χ3v) is 5.27. The highest BCUT2D eigenvalue weighted by molar-refractivity contribution is 5.74.